The smallest absolute Gasteiger partial charge is 0.299 e. The van der Waals surface area contributed by atoms with Gasteiger partial charge in [-0.05, 0) is 0 Å². The maximum absolute atomic E-state index is 5.52. The van der Waals surface area contributed by atoms with Crippen LogP contribution in [0.4, 0.5) is 0 Å². The summed E-state index contributed by atoms with van der Waals surface area (Å²) in [4.78, 5) is 0. The SMILES string of the molecule is COCCNCc1nnc(Oc2cnn(C)c2)s1. The zero-order valence-electron chi connectivity index (χ0n) is 10.3. The van der Waals surface area contributed by atoms with E-state index in [1.807, 2.05) is 7.05 Å². The average Bonchev–Trinajstić information content (AvgIpc) is 2.95. The van der Waals surface area contributed by atoms with Crippen LogP contribution in [0.25, 0.3) is 0 Å². The summed E-state index contributed by atoms with van der Waals surface area (Å²) in [6.45, 7) is 2.13. The molecular formula is C10H15N5O2S. The molecule has 0 saturated carbocycles. The molecule has 0 fully saturated rings. The quantitative estimate of drug-likeness (QED) is 0.749. The predicted molar refractivity (Wildman–Crippen MR) is 66.8 cm³/mol. The van der Waals surface area contributed by atoms with Gasteiger partial charge in [0, 0.05) is 27.2 Å². The van der Waals surface area contributed by atoms with Crippen molar-refractivity contribution >= 4 is 11.3 Å². The Morgan fingerprint density at radius 2 is 2.33 bits per heavy atom. The van der Waals surface area contributed by atoms with Crippen LogP contribution in [0.1, 0.15) is 5.01 Å². The molecule has 0 amide bonds. The van der Waals surface area contributed by atoms with Gasteiger partial charge in [-0.25, -0.2) is 0 Å². The Labute approximate surface area is 109 Å². The van der Waals surface area contributed by atoms with Gasteiger partial charge in [0.05, 0.1) is 19.0 Å². The predicted octanol–water partition coefficient (Wildman–Crippen LogP) is 0.800. The number of nitrogens with one attached hydrogen (secondary N) is 1. The normalized spacial score (nSPS) is 10.8. The van der Waals surface area contributed by atoms with Gasteiger partial charge in [-0.1, -0.05) is 16.4 Å². The number of rotatable bonds is 7. The zero-order valence-corrected chi connectivity index (χ0v) is 11.1. The number of aromatic nitrogens is 4. The summed E-state index contributed by atoms with van der Waals surface area (Å²) in [5, 5.41) is 16.6. The van der Waals surface area contributed by atoms with E-state index in [0.29, 0.717) is 24.1 Å². The van der Waals surface area contributed by atoms with Gasteiger partial charge in [0.1, 0.15) is 5.01 Å². The second-order valence-electron chi connectivity index (χ2n) is 3.58. The molecule has 0 radical (unpaired) electrons. The summed E-state index contributed by atoms with van der Waals surface area (Å²) >= 11 is 1.41. The van der Waals surface area contributed by atoms with Gasteiger partial charge in [0.15, 0.2) is 5.75 Å². The monoisotopic (exact) mass is 269 g/mol. The number of methoxy groups -OCH3 is 1. The molecule has 18 heavy (non-hydrogen) atoms. The van der Waals surface area contributed by atoms with Gasteiger partial charge < -0.3 is 14.8 Å². The second-order valence-corrected chi connectivity index (χ2v) is 4.61. The highest BCUT2D eigenvalue weighted by Crippen LogP contribution is 2.24. The molecule has 2 aromatic heterocycles. The van der Waals surface area contributed by atoms with Crippen molar-refractivity contribution in [2.24, 2.45) is 7.05 Å². The first-order chi connectivity index (χ1) is 8.78. The lowest BCUT2D eigenvalue weighted by Crippen LogP contribution is -2.18. The van der Waals surface area contributed by atoms with Crippen LogP contribution in [0.2, 0.25) is 0 Å². The van der Waals surface area contributed by atoms with Gasteiger partial charge in [-0.2, -0.15) is 5.10 Å². The molecule has 0 atom stereocenters. The third kappa shape index (κ3) is 3.76. The highest BCUT2D eigenvalue weighted by atomic mass is 32.1. The average molecular weight is 269 g/mol. The number of nitrogens with zero attached hydrogens (tertiary/aromatic N) is 4. The van der Waals surface area contributed by atoms with Crippen LogP contribution in [0.5, 0.6) is 10.9 Å². The summed E-state index contributed by atoms with van der Waals surface area (Å²) in [6, 6.07) is 0. The third-order valence-corrected chi connectivity index (χ3v) is 2.90. The molecule has 8 heteroatoms. The van der Waals surface area contributed by atoms with E-state index in [4.69, 9.17) is 9.47 Å². The van der Waals surface area contributed by atoms with Crippen LogP contribution in [0.3, 0.4) is 0 Å². The van der Waals surface area contributed by atoms with Crippen molar-refractivity contribution in [1.29, 1.82) is 0 Å². The summed E-state index contributed by atoms with van der Waals surface area (Å²) in [5.41, 5.74) is 0. The van der Waals surface area contributed by atoms with Crippen molar-refractivity contribution < 1.29 is 9.47 Å². The molecular weight excluding hydrogens is 254 g/mol. The Kier molecular flexibility index (Phi) is 4.62. The first kappa shape index (κ1) is 12.9. The molecule has 1 N–H and O–H groups in total. The summed E-state index contributed by atoms with van der Waals surface area (Å²) in [6.07, 6.45) is 3.41. The fourth-order valence-electron chi connectivity index (χ4n) is 1.27. The summed E-state index contributed by atoms with van der Waals surface area (Å²) in [7, 11) is 3.50. The van der Waals surface area contributed by atoms with Crippen LogP contribution in [-0.2, 0) is 18.3 Å². The number of ether oxygens (including phenoxy) is 2. The van der Waals surface area contributed by atoms with E-state index in [0.717, 1.165) is 11.6 Å². The molecule has 0 saturated heterocycles. The van der Waals surface area contributed by atoms with Gasteiger partial charge in [-0.3, -0.25) is 4.68 Å². The van der Waals surface area contributed by atoms with Crippen LogP contribution in [0, 0.1) is 0 Å². The number of hydrogen-bond donors (Lipinski definition) is 1. The minimum Gasteiger partial charge on any atom is -0.426 e. The Bertz CT molecular complexity index is 484. The van der Waals surface area contributed by atoms with Gasteiger partial charge in [0.25, 0.3) is 5.19 Å². The molecule has 0 aliphatic heterocycles. The molecule has 0 spiro atoms. The lowest BCUT2D eigenvalue weighted by molar-refractivity contribution is 0.199. The van der Waals surface area contributed by atoms with E-state index in [2.05, 4.69) is 20.6 Å². The lowest BCUT2D eigenvalue weighted by Gasteiger charge is -1.99. The molecule has 0 aromatic carbocycles. The summed E-state index contributed by atoms with van der Waals surface area (Å²) < 4.78 is 12.1. The first-order valence-corrected chi connectivity index (χ1v) is 6.28. The Balaban J connectivity index is 1.82. The molecule has 0 aliphatic rings. The van der Waals surface area contributed by atoms with Crippen molar-refractivity contribution in [2.45, 2.75) is 6.54 Å². The van der Waals surface area contributed by atoms with E-state index in [1.165, 1.54) is 11.3 Å². The zero-order chi connectivity index (χ0) is 12.8. The van der Waals surface area contributed by atoms with Crippen molar-refractivity contribution in [3.8, 4) is 10.9 Å². The fraction of sp³-hybridized carbons (Fsp3) is 0.500. The van der Waals surface area contributed by atoms with E-state index in [-0.39, 0.29) is 0 Å². The highest BCUT2D eigenvalue weighted by molar-refractivity contribution is 7.13. The molecule has 2 aromatic rings. The highest BCUT2D eigenvalue weighted by Gasteiger charge is 2.07. The lowest BCUT2D eigenvalue weighted by atomic mass is 10.6. The summed E-state index contributed by atoms with van der Waals surface area (Å²) in [5.74, 6) is 0.660. The Morgan fingerprint density at radius 3 is 3.06 bits per heavy atom. The molecule has 2 heterocycles. The van der Waals surface area contributed by atoms with E-state index in [1.54, 1.807) is 24.2 Å². The van der Waals surface area contributed by atoms with E-state index < -0.39 is 0 Å². The van der Waals surface area contributed by atoms with Crippen LogP contribution in [0.15, 0.2) is 12.4 Å². The van der Waals surface area contributed by atoms with E-state index >= 15 is 0 Å². The maximum atomic E-state index is 5.52. The van der Waals surface area contributed by atoms with Crippen LogP contribution < -0.4 is 10.1 Å². The third-order valence-electron chi connectivity index (χ3n) is 2.09. The van der Waals surface area contributed by atoms with Crippen LogP contribution in [-0.4, -0.2) is 40.2 Å². The minimum atomic E-state index is 0.520. The van der Waals surface area contributed by atoms with Crippen molar-refractivity contribution in [3.05, 3.63) is 17.4 Å². The minimum absolute atomic E-state index is 0.520. The Hall–Kier alpha value is -1.51. The van der Waals surface area contributed by atoms with Crippen molar-refractivity contribution in [3.63, 3.8) is 0 Å². The first-order valence-electron chi connectivity index (χ1n) is 5.46. The van der Waals surface area contributed by atoms with Crippen LogP contribution >= 0.6 is 11.3 Å². The largest absolute Gasteiger partial charge is 0.426 e. The van der Waals surface area contributed by atoms with Gasteiger partial charge in [0.2, 0.25) is 0 Å². The maximum Gasteiger partial charge on any atom is 0.299 e. The molecule has 2 rings (SSSR count). The molecule has 0 aliphatic carbocycles. The van der Waals surface area contributed by atoms with Gasteiger partial charge >= 0.3 is 0 Å². The van der Waals surface area contributed by atoms with Crippen molar-refractivity contribution in [1.82, 2.24) is 25.3 Å². The topological polar surface area (TPSA) is 74.1 Å². The molecule has 98 valence electrons. The van der Waals surface area contributed by atoms with Gasteiger partial charge in [-0.15, -0.1) is 5.10 Å². The molecule has 7 nitrogen and oxygen atoms in total. The molecule has 0 unspecified atom stereocenters. The van der Waals surface area contributed by atoms with Crippen molar-refractivity contribution in [2.75, 3.05) is 20.3 Å². The molecule has 0 bridgehead atoms. The Morgan fingerprint density at radius 1 is 1.44 bits per heavy atom. The number of aryl methyl sites for hydroxylation is 1. The number of hydrogen-bond acceptors (Lipinski definition) is 7. The van der Waals surface area contributed by atoms with E-state index in [9.17, 15) is 0 Å². The second kappa shape index (κ2) is 6.43. The standard InChI is InChI=1S/C10H15N5O2S/c1-15-7-8(5-12-15)17-10-14-13-9(18-10)6-11-3-4-16-2/h5,7,11H,3-4,6H2,1-2H3. The fourth-order valence-corrected chi connectivity index (χ4v) is 1.95.